The van der Waals surface area contributed by atoms with E-state index < -0.39 is 5.56 Å². The fraction of sp³-hybridized carbons (Fsp3) is 0.600. The van der Waals surface area contributed by atoms with Crippen molar-refractivity contribution in [2.75, 3.05) is 13.1 Å². The van der Waals surface area contributed by atoms with Crippen LogP contribution in [0, 0.1) is 0 Å². The van der Waals surface area contributed by atoms with E-state index in [1.165, 1.54) is 25.6 Å². The number of piperidine rings is 1. The molecule has 1 aromatic heterocycles. The van der Waals surface area contributed by atoms with Gasteiger partial charge in [-0.25, -0.2) is 4.98 Å². The van der Waals surface area contributed by atoms with Crippen LogP contribution >= 0.6 is 0 Å². The van der Waals surface area contributed by atoms with Crippen molar-refractivity contribution in [2.24, 2.45) is 0 Å². The Kier molecular flexibility index (Phi) is 3.01. The van der Waals surface area contributed by atoms with Gasteiger partial charge in [-0.15, -0.1) is 0 Å². The summed E-state index contributed by atoms with van der Waals surface area (Å²) in [5, 5.41) is 9.50. The molecule has 0 saturated carbocycles. The van der Waals surface area contributed by atoms with E-state index in [0.29, 0.717) is 12.2 Å². The standard InChI is InChI=1S/C10H15N3O2/c14-9-8(11-7-12-10(9)15)6-13-4-2-1-3-5-13/h7,14H,1-6H2,(H,11,12,15). The summed E-state index contributed by atoms with van der Waals surface area (Å²) >= 11 is 0. The largest absolute Gasteiger partial charge is 0.502 e. The van der Waals surface area contributed by atoms with Crippen LogP contribution in [-0.4, -0.2) is 33.1 Å². The summed E-state index contributed by atoms with van der Waals surface area (Å²) in [5.41, 5.74) is 0.0117. The van der Waals surface area contributed by atoms with Crippen molar-refractivity contribution in [3.8, 4) is 5.75 Å². The van der Waals surface area contributed by atoms with Gasteiger partial charge in [-0.3, -0.25) is 9.69 Å². The average Bonchev–Trinajstić information content (AvgIpc) is 2.26. The highest BCUT2D eigenvalue weighted by molar-refractivity contribution is 5.21. The molecule has 0 aromatic carbocycles. The SMILES string of the molecule is O=c1[nH]cnc(CN2CCCCC2)c1O. The molecule has 0 atom stereocenters. The zero-order valence-corrected chi connectivity index (χ0v) is 8.57. The minimum atomic E-state index is -0.461. The molecule has 1 saturated heterocycles. The number of likely N-dealkylation sites (tertiary alicyclic amines) is 1. The quantitative estimate of drug-likeness (QED) is 0.742. The van der Waals surface area contributed by atoms with E-state index in [-0.39, 0.29) is 5.75 Å². The van der Waals surface area contributed by atoms with E-state index in [1.54, 1.807) is 0 Å². The molecular formula is C10H15N3O2. The van der Waals surface area contributed by atoms with Crippen molar-refractivity contribution < 1.29 is 5.11 Å². The van der Waals surface area contributed by atoms with Gasteiger partial charge in [0.25, 0.3) is 5.56 Å². The van der Waals surface area contributed by atoms with E-state index in [1.807, 2.05) is 0 Å². The maximum absolute atomic E-state index is 11.1. The zero-order chi connectivity index (χ0) is 10.7. The molecule has 5 nitrogen and oxygen atoms in total. The van der Waals surface area contributed by atoms with Gasteiger partial charge in [0, 0.05) is 6.54 Å². The number of aromatic amines is 1. The van der Waals surface area contributed by atoms with Gasteiger partial charge >= 0.3 is 0 Å². The normalized spacial score (nSPS) is 17.9. The van der Waals surface area contributed by atoms with Crippen LogP contribution in [0.5, 0.6) is 5.75 Å². The van der Waals surface area contributed by atoms with Crippen LogP contribution in [0.3, 0.4) is 0 Å². The number of aromatic nitrogens is 2. The lowest BCUT2D eigenvalue weighted by atomic mass is 10.1. The van der Waals surface area contributed by atoms with Gasteiger partial charge in [0.15, 0.2) is 0 Å². The predicted molar refractivity (Wildman–Crippen MR) is 55.7 cm³/mol. The third kappa shape index (κ3) is 2.36. The smallest absolute Gasteiger partial charge is 0.293 e. The Morgan fingerprint density at radius 3 is 2.87 bits per heavy atom. The molecule has 0 spiro atoms. The molecule has 1 aliphatic rings. The highest BCUT2D eigenvalue weighted by Gasteiger charge is 2.14. The van der Waals surface area contributed by atoms with Gasteiger partial charge in [-0.2, -0.15) is 0 Å². The molecule has 2 heterocycles. The lowest BCUT2D eigenvalue weighted by Crippen LogP contribution is -2.30. The minimum Gasteiger partial charge on any atom is -0.502 e. The highest BCUT2D eigenvalue weighted by Crippen LogP contribution is 2.14. The van der Waals surface area contributed by atoms with Crippen LogP contribution in [0.4, 0.5) is 0 Å². The summed E-state index contributed by atoms with van der Waals surface area (Å²) in [5.74, 6) is -0.247. The van der Waals surface area contributed by atoms with E-state index in [9.17, 15) is 9.90 Å². The van der Waals surface area contributed by atoms with E-state index in [0.717, 1.165) is 13.1 Å². The number of nitrogens with zero attached hydrogens (tertiary/aromatic N) is 2. The van der Waals surface area contributed by atoms with E-state index in [4.69, 9.17) is 0 Å². The minimum absolute atomic E-state index is 0.247. The van der Waals surface area contributed by atoms with Gasteiger partial charge in [0.05, 0.1) is 6.33 Å². The number of rotatable bonds is 2. The molecule has 2 N–H and O–H groups in total. The van der Waals surface area contributed by atoms with Crippen molar-refractivity contribution in [3.05, 3.63) is 22.4 Å². The third-order valence-corrected chi connectivity index (χ3v) is 2.73. The Hall–Kier alpha value is -1.36. The lowest BCUT2D eigenvalue weighted by Gasteiger charge is -2.25. The van der Waals surface area contributed by atoms with Crippen LogP contribution in [0.15, 0.2) is 11.1 Å². The van der Waals surface area contributed by atoms with Gasteiger partial charge in [0.1, 0.15) is 5.69 Å². The summed E-state index contributed by atoms with van der Waals surface area (Å²) in [6.45, 7) is 2.61. The Labute approximate surface area is 87.8 Å². The lowest BCUT2D eigenvalue weighted by molar-refractivity contribution is 0.215. The second kappa shape index (κ2) is 4.44. The summed E-state index contributed by atoms with van der Waals surface area (Å²) in [6.07, 6.45) is 4.97. The Morgan fingerprint density at radius 2 is 2.13 bits per heavy atom. The number of hydrogen-bond acceptors (Lipinski definition) is 4. The molecule has 1 fully saturated rings. The number of aromatic hydroxyl groups is 1. The first kappa shape index (κ1) is 10.2. The molecule has 2 rings (SSSR count). The second-order valence-corrected chi connectivity index (χ2v) is 3.86. The number of hydrogen-bond donors (Lipinski definition) is 2. The summed E-state index contributed by atoms with van der Waals surface area (Å²) in [7, 11) is 0. The average molecular weight is 209 g/mol. The molecule has 82 valence electrons. The van der Waals surface area contributed by atoms with Crippen LogP contribution in [0.1, 0.15) is 25.0 Å². The molecule has 0 aliphatic carbocycles. The Morgan fingerprint density at radius 1 is 1.40 bits per heavy atom. The molecule has 15 heavy (non-hydrogen) atoms. The molecule has 0 bridgehead atoms. The molecule has 5 heteroatoms. The first-order valence-corrected chi connectivity index (χ1v) is 5.25. The monoisotopic (exact) mass is 209 g/mol. The van der Waals surface area contributed by atoms with Gasteiger partial charge in [-0.1, -0.05) is 6.42 Å². The summed E-state index contributed by atoms with van der Waals surface area (Å²) < 4.78 is 0. The van der Waals surface area contributed by atoms with Crippen molar-refractivity contribution in [1.29, 1.82) is 0 Å². The zero-order valence-electron chi connectivity index (χ0n) is 8.57. The fourth-order valence-corrected chi connectivity index (χ4v) is 1.87. The van der Waals surface area contributed by atoms with Crippen molar-refractivity contribution in [1.82, 2.24) is 14.9 Å². The van der Waals surface area contributed by atoms with Crippen LogP contribution in [-0.2, 0) is 6.54 Å². The molecule has 1 aromatic rings. The van der Waals surface area contributed by atoms with Crippen molar-refractivity contribution >= 4 is 0 Å². The van der Waals surface area contributed by atoms with E-state index in [2.05, 4.69) is 14.9 Å². The first-order chi connectivity index (χ1) is 7.27. The second-order valence-electron chi connectivity index (χ2n) is 3.86. The van der Waals surface area contributed by atoms with Crippen LogP contribution < -0.4 is 5.56 Å². The highest BCUT2D eigenvalue weighted by atomic mass is 16.3. The number of nitrogens with one attached hydrogen (secondary N) is 1. The maximum atomic E-state index is 11.1. The van der Waals surface area contributed by atoms with Crippen molar-refractivity contribution in [3.63, 3.8) is 0 Å². The Balaban J connectivity index is 2.09. The fourth-order valence-electron chi connectivity index (χ4n) is 1.87. The third-order valence-electron chi connectivity index (χ3n) is 2.73. The van der Waals surface area contributed by atoms with Crippen molar-refractivity contribution in [2.45, 2.75) is 25.8 Å². The Bertz CT molecular complexity index is 382. The van der Waals surface area contributed by atoms with Crippen LogP contribution in [0.25, 0.3) is 0 Å². The van der Waals surface area contributed by atoms with E-state index >= 15 is 0 Å². The molecule has 1 aliphatic heterocycles. The molecular weight excluding hydrogens is 194 g/mol. The van der Waals surface area contributed by atoms with Gasteiger partial charge < -0.3 is 10.1 Å². The topological polar surface area (TPSA) is 69.2 Å². The number of H-pyrrole nitrogens is 1. The molecule has 0 radical (unpaired) electrons. The van der Waals surface area contributed by atoms with Gasteiger partial charge in [0.2, 0.25) is 5.75 Å². The maximum Gasteiger partial charge on any atom is 0.293 e. The summed E-state index contributed by atoms with van der Waals surface area (Å²) in [4.78, 5) is 19.7. The predicted octanol–water partition coefficient (Wildman–Crippen LogP) is 0.461. The molecule has 0 unspecified atom stereocenters. The summed E-state index contributed by atoms with van der Waals surface area (Å²) in [6, 6.07) is 0. The molecule has 0 amide bonds. The van der Waals surface area contributed by atoms with Crippen LogP contribution in [0.2, 0.25) is 0 Å². The first-order valence-electron chi connectivity index (χ1n) is 5.25. The van der Waals surface area contributed by atoms with Gasteiger partial charge in [-0.05, 0) is 25.9 Å².